The van der Waals surface area contributed by atoms with Gasteiger partial charge in [0.1, 0.15) is 10.8 Å². The highest BCUT2D eigenvalue weighted by Crippen LogP contribution is 2.21. The lowest BCUT2D eigenvalue weighted by Crippen LogP contribution is -2.29. The van der Waals surface area contributed by atoms with Gasteiger partial charge in [-0.05, 0) is 24.3 Å². The molecular weight excluding hydrogens is 283 g/mol. The highest BCUT2D eigenvalue weighted by molar-refractivity contribution is 7.16. The van der Waals surface area contributed by atoms with E-state index < -0.39 is 12.1 Å². The molecule has 2 aromatic rings. The molecule has 2 heterocycles. The molecule has 19 heavy (non-hydrogen) atoms. The fourth-order valence-corrected chi connectivity index (χ4v) is 1.70. The second-order valence-electron chi connectivity index (χ2n) is 3.25. The molecule has 1 N–H and O–H groups in total. The summed E-state index contributed by atoms with van der Waals surface area (Å²) in [5.74, 6) is -1.51. The SMILES string of the molecule is O=C(Nc1nnc(/C=C/c2ccco2)s1)C(F)(F)F. The molecule has 0 radical (unpaired) electrons. The number of hydrogen-bond donors (Lipinski definition) is 1. The van der Waals surface area contributed by atoms with Crippen LogP contribution in [-0.2, 0) is 4.79 Å². The maximum Gasteiger partial charge on any atom is 0.471 e. The van der Waals surface area contributed by atoms with Gasteiger partial charge >= 0.3 is 12.1 Å². The molecule has 0 bridgehead atoms. The first-order valence-electron chi connectivity index (χ1n) is 4.88. The van der Waals surface area contributed by atoms with Gasteiger partial charge in [-0.1, -0.05) is 11.3 Å². The Morgan fingerprint density at radius 1 is 1.37 bits per heavy atom. The van der Waals surface area contributed by atoms with Gasteiger partial charge in [0.15, 0.2) is 0 Å². The highest BCUT2D eigenvalue weighted by Gasteiger charge is 2.39. The van der Waals surface area contributed by atoms with Gasteiger partial charge in [-0.2, -0.15) is 13.2 Å². The van der Waals surface area contributed by atoms with Crippen molar-refractivity contribution in [3.63, 3.8) is 0 Å². The molecule has 9 heteroatoms. The highest BCUT2D eigenvalue weighted by atomic mass is 32.1. The lowest BCUT2D eigenvalue weighted by molar-refractivity contribution is -0.167. The maximum absolute atomic E-state index is 12.0. The Labute approximate surface area is 108 Å². The molecule has 0 spiro atoms. The summed E-state index contributed by atoms with van der Waals surface area (Å²) in [6.45, 7) is 0. The van der Waals surface area contributed by atoms with Crippen molar-refractivity contribution in [3.8, 4) is 0 Å². The minimum Gasteiger partial charge on any atom is -0.465 e. The van der Waals surface area contributed by atoms with Crippen molar-refractivity contribution >= 4 is 34.5 Å². The summed E-state index contributed by atoms with van der Waals surface area (Å²) in [5, 5.41) is 8.77. The number of amides is 1. The Morgan fingerprint density at radius 3 is 2.79 bits per heavy atom. The van der Waals surface area contributed by atoms with E-state index in [1.807, 2.05) is 0 Å². The van der Waals surface area contributed by atoms with Crippen LogP contribution in [-0.4, -0.2) is 22.3 Å². The van der Waals surface area contributed by atoms with E-state index in [0.29, 0.717) is 10.8 Å². The fourth-order valence-electron chi connectivity index (χ4n) is 1.06. The molecule has 2 rings (SSSR count). The first-order chi connectivity index (χ1) is 8.95. The number of anilines is 1. The molecule has 0 unspecified atom stereocenters. The Kier molecular flexibility index (Phi) is 3.65. The molecule has 0 saturated heterocycles. The van der Waals surface area contributed by atoms with E-state index >= 15 is 0 Å². The summed E-state index contributed by atoms with van der Waals surface area (Å²) < 4.78 is 41.0. The van der Waals surface area contributed by atoms with Gasteiger partial charge in [-0.3, -0.25) is 10.1 Å². The van der Waals surface area contributed by atoms with Gasteiger partial charge in [-0.25, -0.2) is 0 Å². The molecule has 0 aliphatic rings. The summed E-state index contributed by atoms with van der Waals surface area (Å²) in [6, 6.07) is 3.39. The third-order valence-electron chi connectivity index (χ3n) is 1.85. The van der Waals surface area contributed by atoms with Crippen molar-refractivity contribution in [3.05, 3.63) is 29.2 Å². The molecule has 0 fully saturated rings. The average Bonchev–Trinajstić information content (AvgIpc) is 2.95. The van der Waals surface area contributed by atoms with Gasteiger partial charge in [-0.15, -0.1) is 10.2 Å². The molecule has 1 amide bonds. The second-order valence-corrected chi connectivity index (χ2v) is 4.26. The van der Waals surface area contributed by atoms with Gasteiger partial charge < -0.3 is 4.42 Å². The lowest BCUT2D eigenvalue weighted by Gasteiger charge is -2.03. The number of furan rings is 1. The van der Waals surface area contributed by atoms with Crippen molar-refractivity contribution < 1.29 is 22.4 Å². The molecular formula is C10H6F3N3O2S. The molecule has 0 aromatic carbocycles. The van der Waals surface area contributed by atoms with Crippen LogP contribution in [0.3, 0.4) is 0 Å². The van der Waals surface area contributed by atoms with Crippen molar-refractivity contribution in [1.29, 1.82) is 0 Å². The van der Waals surface area contributed by atoms with Crippen molar-refractivity contribution in [2.75, 3.05) is 5.32 Å². The quantitative estimate of drug-likeness (QED) is 0.943. The molecule has 5 nitrogen and oxygen atoms in total. The zero-order chi connectivity index (χ0) is 13.9. The predicted molar refractivity (Wildman–Crippen MR) is 62.2 cm³/mol. The number of nitrogens with zero attached hydrogens (tertiary/aromatic N) is 2. The third-order valence-corrected chi connectivity index (χ3v) is 2.66. The standard InChI is InChI=1S/C10H6F3N3O2S/c11-10(12,13)8(17)14-9-16-15-7(19-9)4-3-6-2-1-5-18-6/h1-5H,(H,14,16,17)/b4-3+. The van der Waals surface area contributed by atoms with Crippen molar-refractivity contribution in [1.82, 2.24) is 10.2 Å². The van der Waals surface area contributed by atoms with Gasteiger partial charge in [0, 0.05) is 0 Å². The van der Waals surface area contributed by atoms with E-state index in [4.69, 9.17) is 4.42 Å². The number of rotatable bonds is 3. The Hall–Kier alpha value is -2.16. The smallest absolute Gasteiger partial charge is 0.465 e. The fraction of sp³-hybridized carbons (Fsp3) is 0.100. The predicted octanol–water partition coefficient (Wildman–Crippen LogP) is 2.80. The van der Waals surface area contributed by atoms with E-state index in [1.54, 1.807) is 23.5 Å². The van der Waals surface area contributed by atoms with Crippen LogP contribution in [0.4, 0.5) is 18.3 Å². The monoisotopic (exact) mass is 289 g/mol. The maximum atomic E-state index is 12.0. The van der Waals surface area contributed by atoms with Crippen LogP contribution in [0.2, 0.25) is 0 Å². The third kappa shape index (κ3) is 3.65. The van der Waals surface area contributed by atoms with Crippen molar-refractivity contribution in [2.24, 2.45) is 0 Å². The topological polar surface area (TPSA) is 68.0 Å². The normalized spacial score (nSPS) is 11.9. The summed E-state index contributed by atoms with van der Waals surface area (Å²) in [5.41, 5.74) is 0. The van der Waals surface area contributed by atoms with Crippen LogP contribution < -0.4 is 5.32 Å². The summed E-state index contributed by atoms with van der Waals surface area (Å²) in [6.07, 6.45) is -0.375. The molecule has 0 atom stereocenters. The van der Waals surface area contributed by atoms with Gasteiger partial charge in [0.2, 0.25) is 5.13 Å². The average molecular weight is 289 g/mol. The van der Waals surface area contributed by atoms with Crippen LogP contribution in [0, 0.1) is 0 Å². The van der Waals surface area contributed by atoms with E-state index in [0.717, 1.165) is 11.3 Å². The van der Waals surface area contributed by atoms with Crippen LogP contribution in [0.25, 0.3) is 12.2 Å². The van der Waals surface area contributed by atoms with E-state index in [9.17, 15) is 18.0 Å². The van der Waals surface area contributed by atoms with Crippen LogP contribution in [0.1, 0.15) is 10.8 Å². The van der Waals surface area contributed by atoms with E-state index in [-0.39, 0.29) is 5.13 Å². The van der Waals surface area contributed by atoms with Crippen LogP contribution >= 0.6 is 11.3 Å². The van der Waals surface area contributed by atoms with E-state index in [1.165, 1.54) is 12.3 Å². The molecule has 2 aromatic heterocycles. The number of halogens is 3. The number of aromatic nitrogens is 2. The summed E-state index contributed by atoms with van der Waals surface area (Å²) >= 11 is 0.817. The first-order valence-corrected chi connectivity index (χ1v) is 5.70. The van der Waals surface area contributed by atoms with Crippen LogP contribution in [0.15, 0.2) is 22.8 Å². The van der Waals surface area contributed by atoms with E-state index in [2.05, 4.69) is 10.2 Å². The minimum absolute atomic E-state index is 0.221. The van der Waals surface area contributed by atoms with Crippen molar-refractivity contribution in [2.45, 2.75) is 6.18 Å². The molecule has 0 aliphatic heterocycles. The minimum atomic E-state index is -4.95. The number of nitrogens with one attached hydrogen (secondary N) is 1. The second kappa shape index (κ2) is 5.22. The Morgan fingerprint density at radius 2 is 2.16 bits per heavy atom. The number of carbonyl (C=O) groups excluding carboxylic acids is 1. The van der Waals surface area contributed by atoms with Crippen LogP contribution in [0.5, 0.6) is 0 Å². The first kappa shape index (κ1) is 13.3. The Balaban J connectivity index is 2.02. The lowest BCUT2D eigenvalue weighted by atomic mass is 10.4. The number of alkyl halides is 3. The molecule has 100 valence electrons. The Bertz CT molecular complexity index is 589. The number of hydrogen-bond acceptors (Lipinski definition) is 5. The zero-order valence-electron chi connectivity index (χ0n) is 9.14. The molecule has 0 aliphatic carbocycles. The summed E-state index contributed by atoms with van der Waals surface area (Å²) in [7, 11) is 0. The zero-order valence-corrected chi connectivity index (χ0v) is 9.96. The van der Waals surface area contributed by atoms with Gasteiger partial charge in [0.05, 0.1) is 6.26 Å². The van der Waals surface area contributed by atoms with Gasteiger partial charge in [0.25, 0.3) is 0 Å². The largest absolute Gasteiger partial charge is 0.471 e. The molecule has 0 saturated carbocycles. The number of carbonyl (C=O) groups is 1. The summed E-state index contributed by atoms with van der Waals surface area (Å²) in [4.78, 5) is 10.7.